The van der Waals surface area contributed by atoms with E-state index in [-0.39, 0.29) is 46.8 Å². The lowest BCUT2D eigenvalue weighted by atomic mass is 10.0. The van der Waals surface area contributed by atoms with E-state index in [0.717, 1.165) is 31.1 Å². The smallest absolute Gasteiger partial charge is 0.365 e. The van der Waals surface area contributed by atoms with Crippen LogP contribution in [0.3, 0.4) is 0 Å². The highest BCUT2D eigenvalue weighted by Gasteiger charge is 2.55. The third kappa shape index (κ3) is 8.80. The summed E-state index contributed by atoms with van der Waals surface area (Å²) in [6.45, 7) is 8.11. The molecule has 2 aliphatic heterocycles. The Labute approximate surface area is 282 Å². The van der Waals surface area contributed by atoms with Crippen molar-refractivity contribution >= 4 is 65.1 Å². The minimum Gasteiger partial charge on any atom is -0.461 e. The van der Waals surface area contributed by atoms with Crippen LogP contribution in [0.25, 0.3) is 0 Å². The van der Waals surface area contributed by atoms with Crippen molar-refractivity contribution in [1.29, 1.82) is 0 Å². The second-order valence-electron chi connectivity index (χ2n) is 11.3. The molecule has 0 unspecified atom stereocenters. The zero-order chi connectivity index (χ0) is 36.2. The molecule has 0 spiro atoms. The van der Waals surface area contributed by atoms with Crippen LogP contribution in [-0.4, -0.2) is 86.6 Å². The number of amides is 2. The summed E-state index contributed by atoms with van der Waals surface area (Å²) in [7, 11) is 0. The summed E-state index contributed by atoms with van der Waals surface area (Å²) in [6, 6.07) is 1.88. The molecule has 3 N–H and O–H groups in total. The van der Waals surface area contributed by atoms with Gasteiger partial charge in [-0.2, -0.15) is 4.98 Å². The molecule has 1 aromatic heterocycles. The minimum atomic E-state index is -1.18. The molecule has 19 heteroatoms. The van der Waals surface area contributed by atoms with Gasteiger partial charge in [-0.3, -0.25) is 28.9 Å². The van der Waals surface area contributed by atoms with Crippen molar-refractivity contribution in [3.63, 3.8) is 0 Å². The summed E-state index contributed by atoms with van der Waals surface area (Å²) in [4.78, 5) is 97.4. The van der Waals surface area contributed by atoms with E-state index in [1.807, 2.05) is 0 Å². The van der Waals surface area contributed by atoms with Gasteiger partial charge in [0.1, 0.15) is 41.3 Å². The van der Waals surface area contributed by atoms with Gasteiger partial charge in [-0.05, 0) is 39.0 Å². The van der Waals surface area contributed by atoms with Crippen LogP contribution in [0.5, 0.6) is 11.5 Å². The van der Waals surface area contributed by atoms with Crippen molar-refractivity contribution in [2.24, 2.45) is 5.16 Å². The normalized spacial score (nSPS) is 17.3. The number of hydrogen-bond acceptors (Lipinski definition) is 17. The van der Waals surface area contributed by atoms with Crippen molar-refractivity contribution in [2.75, 3.05) is 18.1 Å². The Morgan fingerprint density at radius 3 is 2.31 bits per heavy atom. The summed E-state index contributed by atoms with van der Waals surface area (Å²) in [6.07, 6.45) is 0.961. The van der Waals surface area contributed by atoms with Gasteiger partial charge in [0.25, 0.3) is 17.8 Å². The maximum Gasteiger partial charge on any atom is 0.365 e. The number of carbonyl (C=O) groups is 7. The molecule has 260 valence electrons. The van der Waals surface area contributed by atoms with Crippen molar-refractivity contribution in [2.45, 2.75) is 58.6 Å². The van der Waals surface area contributed by atoms with Crippen molar-refractivity contribution in [3.05, 3.63) is 47.0 Å². The van der Waals surface area contributed by atoms with Crippen LogP contribution in [0.15, 0.2) is 45.3 Å². The Bertz CT molecular complexity index is 1790. The van der Waals surface area contributed by atoms with E-state index in [0.29, 0.717) is 5.57 Å². The standard InChI is InChI=1S/C30H31N5O13S/c1-13(36)43-10-17-12-49-26-22(25(40)35(26)23(17)28(42)47-30(4,5)6)33-24(39)21(18-11-44-29(31)32-18)34-48-27(41)16-7-8-19(45-14(2)37)20(9-16)46-15(3)38/h7-9,11,22,26H,10,12H2,1-6H3,(H2,31,32)(H,33,39)/b34-21-/t22-,26+/m0/s1. The number of esters is 4. The molecule has 1 fully saturated rings. The number of nitrogens with zero attached hydrogens (tertiary/aromatic N) is 3. The predicted octanol–water partition coefficient (Wildman–Crippen LogP) is 1.23. The Morgan fingerprint density at radius 2 is 1.71 bits per heavy atom. The molecule has 2 aromatic rings. The number of benzene rings is 1. The lowest BCUT2D eigenvalue weighted by Gasteiger charge is -2.49. The predicted molar refractivity (Wildman–Crippen MR) is 166 cm³/mol. The zero-order valence-corrected chi connectivity index (χ0v) is 27.8. The number of aromatic nitrogens is 1. The Morgan fingerprint density at radius 1 is 1.04 bits per heavy atom. The van der Waals surface area contributed by atoms with Crippen molar-refractivity contribution in [3.8, 4) is 11.5 Å². The van der Waals surface area contributed by atoms with E-state index in [1.165, 1.54) is 30.8 Å². The summed E-state index contributed by atoms with van der Waals surface area (Å²) in [5.74, 6) is -5.99. The fourth-order valence-electron chi connectivity index (χ4n) is 4.36. The molecular formula is C30H31N5O13S. The van der Waals surface area contributed by atoms with Crippen LogP contribution < -0.4 is 20.5 Å². The maximum absolute atomic E-state index is 13.5. The molecule has 2 aliphatic rings. The number of oxazole rings is 1. The van der Waals surface area contributed by atoms with Crippen molar-refractivity contribution in [1.82, 2.24) is 15.2 Å². The van der Waals surface area contributed by atoms with Gasteiger partial charge in [-0.25, -0.2) is 9.59 Å². The molecule has 3 heterocycles. The molecule has 4 rings (SSSR count). The monoisotopic (exact) mass is 701 g/mol. The Kier molecular flexibility index (Phi) is 10.8. The Hall–Kier alpha value is -5.72. The lowest BCUT2D eigenvalue weighted by Crippen LogP contribution is -2.71. The van der Waals surface area contributed by atoms with Crippen LogP contribution in [0.2, 0.25) is 0 Å². The van der Waals surface area contributed by atoms with Gasteiger partial charge in [0.2, 0.25) is 0 Å². The van der Waals surface area contributed by atoms with E-state index in [2.05, 4.69) is 15.5 Å². The first-order chi connectivity index (χ1) is 22.9. The van der Waals surface area contributed by atoms with Crippen LogP contribution in [0.1, 0.15) is 57.6 Å². The van der Waals surface area contributed by atoms with Crippen LogP contribution in [0.4, 0.5) is 6.01 Å². The van der Waals surface area contributed by atoms with Gasteiger partial charge in [0.15, 0.2) is 17.2 Å². The number of nitrogen functional groups attached to an aromatic ring is 1. The van der Waals surface area contributed by atoms with Crippen LogP contribution >= 0.6 is 11.8 Å². The number of ether oxygens (including phenoxy) is 4. The number of hydrogen-bond donors (Lipinski definition) is 2. The maximum atomic E-state index is 13.5. The number of nitrogens with one attached hydrogen (secondary N) is 1. The SMILES string of the molecule is CC(=O)OCC1=C(C(=O)OC(C)(C)C)N2C(=O)[C@H](NC(=O)/C(=N\OC(=O)c3ccc(OC(C)=O)c(OC(C)=O)c3)c3coc(N)n3)[C@H]2SC1. The first kappa shape index (κ1) is 36.1. The van der Waals surface area contributed by atoms with Crippen LogP contribution in [0, 0.1) is 0 Å². The summed E-state index contributed by atoms with van der Waals surface area (Å²) < 4.78 is 25.5. The average molecular weight is 702 g/mol. The number of carbonyl (C=O) groups excluding carboxylic acids is 7. The number of nitrogens with two attached hydrogens (primary N) is 1. The van der Waals surface area contributed by atoms with Crippen LogP contribution in [-0.2, 0) is 43.1 Å². The highest BCUT2D eigenvalue weighted by atomic mass is 32.2. The van der Waals surface area contributed by atoms with Gasteiger partial charge in [-0.1, -0.05) is 5.16 Å². The topological polar surface area (TPSA) is 245 Å². The number of fused-ring (bicyclic) bond motifs is 1. The molecule has 0 bridgehead atoms. The van der Waals surface area contributed by atoms with E-state index < -0.39 is 64.4 Å². The lowest BCUT2D eigenvalue weighted by molar-refractivity contribution is -0.159. The van der Waals surface area contributed by atoms with Gasteiger partial charge in [0, 0.05) is 32.1 Å². The highest BCUT2D eigenvalue weighted by molar-refractivity contribution is 8.00. The van der Waals surface area contributed by atoms with Gasteiger partial charge < -0.3 is 39.3 Å². The fraction of sp³-hybridized carbons (Fsp3) is 0.367. The summed E-state index contributed by atoms with van der Waals surface area (Å²) in [5, 5.41) is 5.37. The number of β-lactam (4-membered cyclic amide) rings is 1. The second-order valence-corrected chi connectivity index (χ2v) is 12.4. The highest BCUT2D eigenvalue weighted by Crippen LogP contribution is 2.41. The molecule has 1 aromatic carbocycles. The first-order valence-electron chi connectivity index (χ1n) is 14.3. The number of anilines is 1. The molecule has 0 aliphatic carbocycles. The number of oxime groups is 1. The van der Waals surface area contributed by atoms with E-state index >= 15 is 0 Å². The molecule has 49 heavy (non-hydrogen) atoms. The summed E-state index contributed by atoms with van der Waals surface area (Å²) in [5.41, 5.74) is 3.81. The average Bonchev–Trinajstić information content (AvgIpc) is 3.43. The summed E-state index contributed by atoms with van der Waals surface area (Å²) >= 11 is 1.19. The van der Waals surface area contributed by atoms with E-state index in [1.54, 1.807) is 20.8 Å². The number of thioether (sulfide) groups is 1. The van der Waals surface area contributed by atoms with Gasteiger partial charge >= 0.3 is 29.8 Å². The fourth-order valence-corrected chi connectivity index (χ4v) is 5.68. The third-order valence-corrected chi connectivity index (χ3v) is 7.60. The molecule has 18 nitrogen and oxygen atoms in total. The molecule has 2 amide bonds. The molecule has 2 atom stereocenters. The largest absolute Gasteiger partial charge is 0.461 e. The minimum absolute atomic E-state index is 0.102. The van der Waals surface area contributed by atoms with E-state index in [9.17, 15) is 33.6 Å². The third-order valence-electron chi connectivity index (χ3n) is 6.26. The molecule has 1 saturated heterocycles. The Balaban J connectivity index is 1.57. The second kappa shape index (κ2) is 14.6. The quantitative estimate of drug-likeness (QED) is 0.0883. The van der Waals surface area contributed by atoms with Gasteiger partial charge in [-0.15, -0.1) is 11.8 Å². The zero-order valence-electron chi connectivity index (χ0n) is 27.0. The molecule has 0 radical (unpaired) electrons. The van der Waals surface area contributed by atoms with Crippen molar-refractivity contribution < 1.29 is 61.8 Å². The molecule has 0 saturated carbocycles. The first-order valence-corrected chi connectivity index (χ1v) is 15.4. The number of rotatable bonds is 10. The molecular weight excluding hydrogens is 670 g/mol. The van der Waals surface area contributed by atoms with Gasteiger partial charge in [0.05, 0.1) is 5.56 Å². The van der Waals surface area contributed by atoms with E-state index in [4.69, 9.17) is 33.9 Å².